The standard InChI is InChI=1S/C7H10N2O2/c10-7(11)9-3-5-1-8-2-6(5)4-9/h1,6,8H,2-4H2,(H,10,11). The number of likely N-dealkylation sites (tertiary alicyclic amines) is 1. The van der Waals surface area contributed by atoms with Crippen molar-refractivity contribution in [3.8, 4) is 0 Å². The lowest BCUT2D eigenvalue weighted by Gasteiger charge is -2.10. The first-order valence-corrected chi connectivity index (χ1v) is 3.67. The van der Waals surface area contributed by atoms with Gasteiger partial charge in [-0.15, -0.1) is 0 Å². The third kappa shape index (κ3) is 0.943. The molecule has 4 nitrogen and oxygen atoms in total. The fourth-order valence-corrected chi connectivity index (χ4v) is 1.63. The summed E-state index contributed by atoms with van der Waals surface area (Å²) in [7, 11) is 0. The van der Waals surface area contributed by atoms with E-state index in [4.69, 9.17) is 5.11 Å². The van der Waals surface area contributed by atoms with Gasteiger partial charge in [0, 0.05) is 25.6 Å². The lowest BCUT2D eigenvalue weighted by Crippen LogP contribution is -2.28. The summed E-state index contributed by atoms with van der Waals surface area (Å²) in [6.45, 7) is 2.15. The fraction of sp³-hybridized carbons (Fsp3) is 0.571. The number of nitrogens with zero attached hydrogens (tertiary/aromatic N) is 1. The van der Waals surface area contributed by atoms with Gasteiger partial charge >= 0.3 is 6.09 Å². The highest BCUT2D eigenvalue weighted by molar-refractivity contribution is 5.66. The molecule has 1 fully saturated rings. The van der Waals surface area contributed by atoms with Crippen LogP contribution in [0.5, 0.6) is 0 Å². The molecule has 0 saturated carbocycles. The number of fused-ring (bicyclic) bond motifs is 1. The van der Waals surface area contributed by atoms with Gasteiger partial charge in [0.05, 0.1) is 0 Å². The number of hydrogen-bond acceptors (Lipinski definition) is 2. The second-order valence-electron chi connectivity index (χ2n) is 2.99. The molecule has 0 aromatic carbocycles. The number of carboxylic acid groups (broad SMARTS) is 1. The molecule has 1 unspecified atom stereocenters. The predicted octanol–water partition coefficient (Wildman–Crippen LogP) is 0.0833. The number of nitrogens with one attached hydrogen (secondary N) is 1. The van der Waals surface area contributed by atoms with Gasteiger partial charge in [0.15, 0.2) is 0 Å². The van der Waals surface area contributed by atoms with Crippen molar-refractivity contribution < 1.29 is 9.90 Å². The van der Waals surface area contributed by atoms with Gasteiger partial charge in [-0.25, -0.2) is 4.79 Å². The van der Waals surface area contributed by atoms with Crippen LogP contribution in [0, 0.1) is 5.92 Å². The number of hydrogen-bond donors (Lipinski definition) is 2. The highest BCUT2D eigenvalue weighted by atomic mass is 16.4. The van der Waals surface area contributed by atoms with Gasteiger partial charge in [0.2, 0.25) is 0 Å². The predicted molar refractivity (Wildman–Crippen MR) is 39.2 cm³/mol. The molecule has 0 spiro atoms. The number of rotatable bonds is 0. The Kier molecular flexibility index (Phi) is 1.27. The Morgan fingerprint density at radius 1 is 1.82 bits per heavy atom. The van der Waals surface area contributed by atoms with Gasteiger partial charge in [0.25, 0.3) is 0 Å². The molecule has 0 bridgehead atoms. The van der Waals surface area contributed by atoms with Crippen LogP contribution in [-0.4, -0.2) is 35.7 Å². The molecule has 2 heterocycles. The minimum absolute atomic E-state index is 0.436. The monoisotopic (exact) mass is 154 g/mol. The lowest BCUT2D eigenvalue weighted by molar-refractivity contribution is 0.154. The van der Waals surface area contributed by atoms with Crippen molar-refractivity contribution in [2.24, 2.45) is 5.92 Å². The van der Waals surface area contributed by atoms with E-state index < -0.39 is 6.09 Å². The quantitative estimate of drug-likeness (QED) is 0.519. The molecule has 11 heavy (non-hydrogen) atoms. The largest absolute Gasteiger partial charge is 0.465 e. The second-order valence-corrected chi connectivity index (χ2v) is 2.99. The average Bonchev–Trinajstić information content (AvgIpc) is 2.40. The van der Waals surface area contributed by atoms with Crippen LogP contribution in [0.1, 0.15) is 0 Å². The van der Waals surface area contributed by atoms with Crippen LogP contribution in [0.15, 0.2) is 11.8 Å². The maximum absolute atomic E-state index is 10.5. The fourth-order valence-electron chi connectivity index (χ4n) is 1.63. The summed E-state index contributed by atoms with van der Waals surface area (Å²) in [5, 5.41) is 11.7. The first kappa shape index (κ1) is 6.52. The lowest BCUT2D eigenvalue weighted by atomic mass is 10.1. The Hall–Kier alpha value is -1.19. The molecule has 2 rings (SSSR count). The van der Waals surface area contributed by atoms with Crippen molar-refractivity contribution in [3.63, 3.8) is 0 Å². The second kappa shape index (κ2) is 2.15. The molecule has 0 aromatic rings. The maximum Gasteiger partial charge on any atom is 0.407 e. The van der Waals surface area contributed by atoms with Gasteiger partial charge in [-0.05, 0) is 11.8 Å². The summed E-state index contributed by atoms with van der Waals surface area (Å²) >= 11 is 0. The molecular formula is C7H10N2O2. The zero-order chi connectivity index (χ0) is 7.84. The minimum Gasteiger partial charge on any atom is -0.465 e. The summed E-state index contributed by atoms with van der Waals surface area (Å²) in [6, 6.07) is 0. The van der Waals surface area contributed by atoms with Crippen molar-refractivity contribution in [3.05, 3.63) is 11.8 Å². The molecule has 0 aromatic heterocycles. The normalized spacial score (nSPS) is 27.8. The Morgan fingerprint density at radius 3 is 3.27 bits per heavy atom. The maximum atomic E-state index is 10.5. The molecule has 2 N–H and O–H groups in total. The summed E-state index contributed by atoms with van der Waals surface area (Å²) in [5.41, 5.74) is 1.23. The van der Waals surface area contributed by atoms with Gasteiger partial charge in [0.1, 0.15) is 0 Å². The van der Waals surface area contributed by atoms with Crippen LogP contribution >= 0.6 is 0 Å². The van der Waals surface area contributed by atoms with Gasteiger partial charge in [-0.3, -0.25) is 0 Å². The van der Waals surface area contributed by atoms with Crippen molar-refractivity contribution in [1.82, 2.24) is 10.2 Å². The summed E-state index contributed by atoms with van der Waals surface area (Å²) < 4.78 is 0. The Bertz CT molecular complexity index is 224. The van der Waals surface area contributed by atoms with Gasteiger partial charge in [-0.2, -0.15) is 0 Å². The van der Waals surface area contributed by atoms with E-state index in [9.17, 15) is 4.79 Å². The Morgan fingerprint density at radius 2 is 2.64 bits per heavy atom. The van der Waals surface area contributed by atoms with Gasteiger partial charge in [-0.1, -0.05) is 0 Å². The Labute approximate surface area is 64.5 Å². The molecule has 4 heteroatoms. The summed E-state index contributed by atoms with van der Waals surface area (Å²) in [4.78, 5) is 12.0. The molecule has 2 aliphatic heterocycles. The third-order valence-electron chi connectivity index (χ3n) is 2.26. The third-order valence-corrected chi connectivity index (χ3v) is 2.26. The van der Waals surface area contributed by atoms with E-state index in [1.807, 2.05) is 6.20 Å². The zero-order valence-electron chi connectivity index (χ0n) is 6.08. The van der Waals surface area contributed by atoms with E-state index in [1.54, 1.807) is 0 Å². The topological polar surface area (TPSA) is 52.6 Å². The van der Waals surface area contributed by atoms with E-state index in [0.29, 0.717) is 19.0 Å². The van der Waals surface area contributed by atoms with E-state index in [1.165, 1.54) is 10.5 Å². The molecule has 60 valence electrons. The first-order valence-electron chi connectivity index (χ1n) is 3.67. The number of amides is 1. The van der Waals surface area contributed by atoms with Crippen molar-refractivity contribution in [2.75, 3.05) is 19.6 Å². The van der Waals surface area contributed by atoms with Crippen molar-refractivity contribution in [1.29, 1.82) is 0 Å². The molecule has 1 atom stereocenters. The van der Waals surface area contributed by atoms with Crippen LogP contribution in [0.4, 0.5) is 4.79 Å². The van der Waals surface area contributed by atoms with Gasteiger partial charge < -0.3 is 15.3 Å². The van der Waals surface area contributed by atoms with Crippen molar-refractivity contribution in [2.45, 2.75) is 0 Å². The Balaban J connectivity index is 2.09. The molecule has 0 radical (unpaired) electrons. The van der Waals surface area contributed by atoms with Crippen LogP contribution < -0.4 is 5.32 Å². The summed E-state index contributed by atoms with van der Waals surface area (Å²) in [5.74, 6) is 0.436. The van der Waals surface area contributed by atoms with Crippen LogP contribution in [0.2, 0.25) is 0 Å². The van der Waals surface area contributed by atoms with Crippen LogP contribution in [0.3, 0.4) is 0 Å². The van der Waals surface area contributed by atoms with E-state index >= 15 is 0 Å². The molecule has 2 aliphatic rings. The van der Waals surface area contributed by atoms with Crippen LogP contribution in [0.25, 0.3) is 0 Å². The van der Waals surface area contributed by atoms with Crippen molar-refractivity contribution >= 4 is 6.09 Å². The molecule has 1 amide bonds. The SMILES string of the molecule is O=C(O)N1CC2=CNCC2C1. The summed E-state index contributed by atoms with van der Waals surface area (Å²) in [6.07, 6.45) is 1.13. The minimum atomic E-state index is -0.805. The average molecular weight is 154 g/mol. The smallest absolute Gasteiger partial charge is 0.407 e. The molecule has 1 saturated heterocycles. The van der Waals surface area contributed by atoms with E-state index in [0.717, 1.165) is 6.54 Å². The zero-order valence-corrected chi connectivity index (χ0v) is 6.08. The highest BCUT2D eigenvalue weighted by Crippen LogP contribution is 2.24. The van der Waals surface area contributed by atoms with E-state index in [2.05, 4.69) is 5.32 Å². The number of carbonyl (C=O) groups is 1. The highest BCUT2D eigenvalue weighted by Gasteiger charge is 2.32. The first-order chi connectivity index (χ1) is 5.27. The molecule has 0 aliphatic carbocycles. The van der Waals surface area contributed by atoms with E-state index in [-0.39, 0.29) is 0 Å². The molecular weight excluding hydrogens is 144 g/mol. The van der Waals surface area contributed by atoms with Crippen LogP contribution in [-0.2, 0) is 0 Å².